The van der Waals surface area contributed by atoms with Gasteiger partial charge in [0.05, 0.1) is 37.7 Å². The molecule has 1 aliphatic heterocycles. The Kier molecular flexibility index (Phi) is 10.6. The third-order valence-electron chi connectivity index (χ3n) is 7.55. The van der Waals surface area contributed by atoms with Crippen LogP contribution in [0, 0.1) is 17.5 Å². The highest BCUT2D eigenvalue weighted by Gasteiger charge is 2.34. The zero-order valence-electron chi connectivity index (χ0n) is 25.0. The van der Waals surface area contributed by atoms with Gasteiger partial charge in [0.25, 0.3) is 0 Å². The van der Waals surface area contributed by atoms with E-state index in [4.69, 9.17) is 9.47 Å². The first kappa shape index (κ1) is 32.1. The third-order valence-corrected chi connectivity index (χ3v) is 7.55. The van der Waals surface area contributed by atoms with Crippen LogP contribution in [0.2, 0.25) is 0 Å². The number of hydrogen-bond donors (Lipinski definition) is 0. The van der Waals surface area contributed by atoms with Crippen LogP contribution in [0.5, 0.6) is 0 Å². The van der Waals surface area contributed by atoms with E-state index in [-0.39, 0.29) is 42.8 Å². The molecule has 0 unspecified atom stereocenters. The van der Waals surface area contributed by atoms with Gasteiger partial charge in [-0.25, -0.2) is 18.0 Å². The van der Waals surface area contributed by atoms with Crippen LogP contribution in [0.1, 0.15) is 75.1 Å². The summed E-state index contributed by atoms with van der Waals surface area (Å²) in [6.07, 6.45) is 5.53. The second-order valence-electron chi connectivity index (χ2n) is 11.9. The molecule has 1 fully saturated rings. The quantitative estimate of drug-likeness (QED) is 0.263. The zero-order chi connectivity index (χ0) is 31.1. The van der Waals surface area contributed by atoms with Gasteiger partial charge in [0.1, 0.15) is 28.8 Å². The fraction of sp³-hybridized carbons (Fsp3) is 0.455. The maximum atomic E-state index is 15.1. The number of amides is 1. The molecular weight excluding hydrogens is 559 g/mol. The second kappa shape index (κ2) is 14.1. The van der Waals surface area contributed by atoms with E-state index in [0.29, 0.717) is 42.7 Å². The summed E-state index contributed by atoms with van der Waals surface area (Å²) in [5.41, 5.74) is 0.990. The first-order valence-corrected chi connectivity index (χ1v) is 14.5. The largest absolute Gasteiger partial charge is 0.444 e. The van der Waals surface area contributed by atoms with Gasteiger partial charge < -0.3 is 14.4 Å². The van der Waals surface area contributed by atoms with Gasteiger partial charge in [-0.1, -0.05) is 19.1 Å². The van der Waals surface area contributed by atoms with Gasteiger partial charge in [-0.3, -0.25) is 14.8 Å². The summed E-state index contributed by atoms with van der Waals surface area (Å²) in [5, 5.41) is 0. The Bertz CT molecular complexity index is 1410. The maximum Gasteiger partial charge on any atom is 0.410 e. The summed E-state index contributed by atoms with van der Waals surface area (Å²) < 4.78 is 55.0. The van der Waals surface area contributed by atoms with E-state index in [1.807, 2.05) is 27.7 Å². The van der Waals surface area contributed by atoms with Crippen molar-refractivity contribution in [3.8, 4) is 0 Å². The second-order valence-corrected chi connectivity index (χ2v) is 11.9. The number of pyridine rings is 2. The van der Waals surface area contributed by atoms with Crippen molar-refractivity contribution in [2.24, 2.45) is 0 Å². The van der Waals surface area contributed by atoms with Crippen LogP contribution < -0.4 is 0 Å². The number of ether oxygens (including phenoxy) is 2. The van der Waals surface area contributed by atoms with Crippen LogP contribution in [0.4, 0.5) is 18.0 Å². The monoisotopic (exact) mass is 597 g/mol. The van der Waals surface area contributed by atoms with Crippen LogP contribution in [0.15, 0.2) is 55.1 Å². The summed E-state index contributed by atoms with van der Waals surface area (Å²) in [7, 11) is 0. The van der Waals surface area contributed by atoms with Gasteiger partial charge in [-0.05, 0) is 80.5 Å². The van der Waals surface area contributed by atoms with Crippen molar-refractivity contribution >= 4 is 11.9 Å². The number of morpholine rings is 1. The van der Waals surface area contributed by atoms with Gasteiger partial charge in [0, 0.05) is 31.2 Å². The van der Waals surface area contributed by atoms with Crippen LogP contribution in [0.3, 0.4) is 0 Å². The fourth-order valence-corrected chi connectivity index (χ4v) is 5.34. The van der Waals surface area contributed by atoms with Gasteiger partial charge in [0.2, 0.25) is 0 Å². The minimum atomic E-state index is -0.679. The average Bonchev–Trinajstić information content (AvgIpc) is 2.95. The number of carbonyl (C=O) groups excluding carboxylic acids is 2. The number of carbonyl (C=O) groups is 2. The summed E-state index contributed by atoms with van der Waals surface area (Å²) in [4.78, 5) is 35.7. The molecule has 0 bridgehead atoms. The highest BCUT2D eigenvalue weighted by atomic mass is 19.1. The lowest BCUT2D eigenvalue weighted by Crippen LogP contribution is -2.53. The van der Waals surface area contributed by atoms with Gasteiger partial charge >= 0.3 is 6.09 Å². The zero-order valence-corrected chi connectivity index (χ0v) is 25.0. The molecule has 3 atom stereocenters. The standard InChI is InChI=1S/C33H38F3N3O4/c1-5-24-20-42-26(19-39(24)32(41)43-33(2,3)4)10-11-27-22(16-38-18-30(27)35)14-25(40)15-29(21-6-8-23(34)9-7-21)28-12-13-37-17-31(28)36/h6-9,12-13,16-18,24,26,29H,5,10-11,14-15,19-20H2,1-4H3/t24-,26-,29+/m1/s1. The number of Topliss-reactive ketones (excluding diaryl/α,β-unsaturated/α-hetero) is 1. The Hall–Kier alpha value is -3.79. The lowest BCUT2D eigenvalue weighted by molar-refractivity contribution is -0.118. The topological polar surface area (TPSA) is 81.6 Å². The van der Waals surface area contributed by atoms with Gasteiger partial charge in [-0.15, -0.1) is 0 Å². The SMILES string of the molecule is CC[C@@H]1CO[C@H](CCc2c(F)cncc2CC(=O)C[C@@H](c2ccc(F)cc2)c2ccncc2F)CN1C(=O)OC(C)(C)C. The average molecular weight is 598 g/mol. The summed E-state index contributed by atoms with van der Waals surface area (Å²) in [6.45, 7) is 8.08. The molecule has 230 valence electrons. The van der Waals surface area contributed by atoms with Crippen molar-refractivity contribution < 1.29 is 32.2 Å². The Morgan fingerprint density at radius 3 is 2.44 bits per heavy atom. The molecule has 1 saturated heterocycles. The number of nitrogens with zero attached hydrogens (tertiary/aromatic N) is 3. The van der Waals surface area contributed by atoms with Crippen molar-refractivity contribution in [1.29, 1.82) is 0 Å². The summed E-state index contributed by atoms with van der Waals surface area (Å²) >= 11 is 0. The number of rotatable bonds is 10. The van der Waals surface area contributed by atoms with E-state index >= 15 is 4.39 Å². The minimum absolute atomic E-state index is 0.0858. The molecule has 0 N–H and O–H groups in total. The predicted octanol–water partition coefficient (Wildman–Crippen LogP) is 6.57. The van der Waals surface area contributed by atoms with E-state index in [1.54, 1.807) is 4.90 Å². The molecule has 0 spiro atoms. The number of hydrogen-bond acceptors (Lipinski definition) is 6. The summed E-state index contributed by atoms with van der Waals surface area (Å²) in [5.74, 6) is -2.49. The molecule has 7 nitrogen and oxygen atoms in total. The van der Waals surface area contributed by atoms with Crippen molar-refractivity contribution in [2.75, 3.05) is 13.2 Å². The van der Waals surface area contributed by atoms with Crippen LogP contribution in [0.25, 0.3) is 0 Å². The normalized spacial score (nSPS) is 17.9. The Labute approximate surface area is 250 Å². The van der Waals surface area contributed by atoms with E-state index in [0.717, 1.165) is 12.4 Å². The van der Waals surface area contributed by atoms with Gasteiger partial charge in [0.15, 0.2) is 0 Å². The van der Waals surface area contributed by atoms with Crippen LogP contribution in [-0.2, 0) is 27.1 Å². The first-order chi connectivity index (χ1) is 20.4. The Balaban J connectivity index is 1.47. The Morgan fingerprint density at radius 2 is 1.77 bits per heavy atom. The van der Waals surface area contributed by atoms with Gasteiger partial charge in [-0.2, -0.15) is 0 Å². The van der Waals surface area contributed by atoms with E-state index in [1.165, 1.54) is 42.7 Å². The number of halogens is 3. The smallest absolute Gasteiger partial charge is 0.410 e. The van der Waals surface area contributed by atoms with Crippen molar-refractivity contribution in [3.05, 3.63) is 94.8 Å². The molecule has 3 heterocycles. The van der Waals surface area contributed by atoms with Crippen molar-refractivity contribution in [2.45, 2.75) is 83.5 Å². The molecule has 0 aliphatic carbocycles. The molecule has 10 heteroatoms. The third kappa shape index (κ3) is 8.63. The molecule has 43 heavy (non-hydrogen) atoms. The molecule has 1 amide bonds. The highest BCUT2D eigenvalue weighted by Crippen LogP contribution is 2.31. The molecule has 1 aromatic carbocycles. The minimum Gasteiger partial charge on any atom is -0.444 e. The molecule has 1 aliphatic rings. The predicted molar refractivity (Wildman–Crippen MR) is 155 cm³/mol. The van der Waals surface area contributed by atoms with Crippen LogP contribution >= 0.6 is 0 Å². The molecule has 0 radical (unpaired) electrons. The highest BCUT2D eigenvalue weighted by molar-refractivity contribution is 5.82. The first-order valence-electron chi connectivity index (χ1n) is 14.5. The number of aromatic nitrogens is 2. The fourth-order valence-electron chi connectivity index (χ4n) is 5.34. The van der Waals surface area contributed by atoms with Crippen molar-refractivity contribution in [3.63, 3.8) is 0 Å². The van der Waals surface area contributed by atoms with E-state index < -0.39 is 35.1 Å². The van der Waals surface area contributed by atoms with Crippen LogP contribution in [-0.4, -0.2) is 57.6 Å². The lowest BCUT2D eigenvalue weighted by atomic mass is 9.85. The summed E-state index contributed by atoms with van der Waals surface area (Å²) in [6, 6.07) is 6.96. The molecule has 4 rings (SSSR count). The number of benzene rings is 1. The Morgan fingerprint density at radius 1 is 1.05 bits per heavy atom. The molecular formula is C33H38F3N3O4. The van der Waals surface area contributed by atoms with Crippen molar-refractivity contribution in [1.82, 2.24) is 14.9 Å². The number of ketones is 1. The lowest BCUT2D eigenvalue weighted by Gasteiger charge is -2.40. The molecule has 2 aromatic heterocycles. The molecule has 3 aromatic rings. The maximum absolute atomic E-state index is 15.1. The van der Waals surface area contributed by atoms with E-state index in [9.17, 15) is 18.4 Å². The van der Waals surface area contributed by atoms with E-state index in [2.05, 4.69) is 9.97 Å². The molecule has 0 saturated carbocycles.